The van der Waals surface area contributed by atoms with Gasteiger partial charge < -0.3 is 14.0 Å². The van der Waals surface area contributed by atoms with Gasteiger partial charge in [-0.3, -0.25) is 0 Å². The average Bonchev–Trinajstić information content (AvgIpc) is 2.92. The summed E-state index contributed by atoms with van der Waals surface area (Å²) in [5, 5.41) is 1.45. The second-order valence-corrected chi connectivity index (χ2v) is 14.5. The molecule has 1 aliphatic rings. The highest BCUT2D eigenvalue weighted by molar-refractivity contribution is 6.92. The number of methoxy groups -OCH3 is 1. The van der Waals surface area contributed by atoms with Crippen molar-refractivity contribution in [2.75, 3.05) is 7.11 Å². The number of ether oxygens (including phenoxy) is 1. The van der Waals surface area contributed by atoms with Crippen LogP contribution in [0.3, 0.4) is 0 Å². The van der Waals surface area contributed by atoms with Gasteiger partial charge in [-0.25, -0.2) is 0 Å². The van der Waals surface area contributed by atoms with Crippen LogP contribution in [0.15, 0.2) is 60.7 Å². The Kier molecular flexibility index (Phi) is 6.66. The van der Waals surface area contributed by atoms with Crippen molar-refractivity contribution in [2.45, 2.75) is 63.9 Å². The van der Waals surface area contributed by atoms with Gasteiger partial charge >= 0.3 is 7.12 Å². The maximum absolute atomic E-state index is 6.36. The van der Waals surface area contributed by atoms with Crippen LogP contribution < -0.4 is 9.92 Å². The van der Waals surface area contributed by atoms with Gasteiger partial charge in [-0.15, -0.1) is 0 Å². The minimum atomic E-state index is -1.81. The molecule has 0 radical (unpaired) electrons. The minimum absolute atomic E-state index is 0.198. The van der Waals surface area contributed by atoms with Crippen molar-refractivity contribution >= 4 is 26.5 Å². The van der Waals surface area contributed by atoms with Crippen LogP contribution >= 0.6 is 0 Å². The molecule has 2 aromatic carbocycles. The van der Waals surface area contributed by atoms with E-state index < -0.39 is 8.07 Å². The van der Waals surface area contributed by atoms with Crippen LogP contribution in [-0.4, -0.2) is 33.5 Å². The van der Waals surface area contributed by atoms with Crippen LogP contribution in [0.4, 0.5) is 0 Å². The second-order valence-electron chi connectivity index (χ2n) is 9.75. The number of benzene rings is 2. The first-order chi connectivity index (χ1) is 14.0. The molecule has 5 heteroatoms. The maximum Gasteiger partial charge on any atom is 0.458 e. The number of allylic oxidation sites excluding steroid dienone is 1. The predicted octanol–water partition coefficient (Wildman–Crippen LogP) is 5.79. The lowest BCUT2D eigenvalue weighted by Gasteiger charge is -2.32. The number of rotatable bonds is 7. The molecule has 0 amide bonds. The SMILES string of the molecule is COc1ccc(/C=C/C(CB2OC(C)(C)C(C)(C)O2)[Si](C)(C)c2ccccc2)cc1. The fraction of sp³-hybridized carbons (Fsp3) is 0.440. The topological polar surface area (TPSA) is 27.7 Å². The van der Waals surface area contributed by atoms with Gasteiger partial charge in [0.05, 0.1) is 26.4 Å². The van der Waals surface area contributed by atoms with Crippen LogP contribution in [0, 0.1) is 0 Å². The van der Waals surface area contributed by atoms with Crippen LogP contribution in [0.25, 0.3) is 6.08 Å². The molecule has 1 atom stereocenters. The summed E-state index contributed by atoms with van der Waals surface area (Å²) in [6, 6.07) is 19.1. The molecule has 160 valence electrons. The Labute approximate surface area is 183 Å². The van der Waals surface area contributed by atoms with E-state index in [-0.39, 0.29) is 18.3 Å². The summed E-state index contributed by atoms with van der Waals surface area (Å²) in [5.74, 6) is 0.875. The zero-order chi connectivity index (χ0) is 22.0. The fourth-order valence-corrected chi connectivity index (χ4v) is 6.75. The summed E-state index contributed by atoms with van der Waals surface area (Å²) in [4.78, 5) is 0. The van der Waals surface area contributed by atoms with Crippen LogP contribution in [0.5, 0.6) is 5.75 Å². The van der Waals surface area contributed by atoms with Crippen molar-refractivity contribution in [1.29, 1.82) is 0 Å². The first kappa shape index (κ1) is 22.9. The highest BCUT2D eigenvalue weighted by Crippen LogP contribution is 2.41. The molecule has 0 aliphatic carbocycles. The summed E-state index contributed by atoms with van der Waals surface area (Å²) in [5.41, 5.74) is 0.935. The van der Waals surface area contributed by atoms with Gasteiger partial charge in [0.15, 0.2) is 0 Å². The molecule has 0 spiro atoms. The molecule has 1 unspecified atom stereocenters. The van der Waals surface area contributed by atoms with Crippen LogP contribution in [-0.2, 0) is 9.31 Å². The van der Waals surface area contributed by atoms with Crippen molar-refractivity contribution in [3.8, 4) is 5.75 Å². The highest BCUT2D eigenvalue weighted by atomic mass is 28.3. The van der Waals surface area contributed by atoms with Crippen molar-refractivity contribution < 1.29 is 14.0 Å². The van der Waals surface area contributed by atoms with Gasteiger partial charge in [-0.05, 0) is 57.3 Å². The Morgan fingerprint density at radius 2 is 1.50 bits per heavy atom. The quantitative estimate of drug-likeness (QED) is 0.529. The van der Waals surface area contributed by atoms with Crippen molar-refractivity contribution in [3.05, 3.63) is 66.2 Å². The molecule has 2 aromatic rings. The van der Waals surface area contributed by atoms with Crippen LogP contribution in [0.2, 0.25) is 25.0 Å². The molecule has 0 bridgehead atoms. The standard InChI is InChI=1S/C25H35BO3Si/c1-24(2)25(3,4)29-26(28-24)19-23(30(6,7)22-11-9-8-10-12-22)18-15-20-13-16-21(27-5)17-14-20/h8-18,23H,19H2,1-7H3/b18-15+. The van der Waals surface area contributed by atoms with E-state index in [4.69, 9.17) is 14.0 Å². The van der Waals surface area contributed by atoms with E-state index in [9.17, 15) is 0 Å². The molecular formula is C25H35BO3Si. The molecule has 1 heterocycles. The normalized spacial score (nSPS) is 19.2. The zero-order valence-electron chi connectivity index (χ0n) is 19.4. The molecule has 1 fully saturated rings. The summed E-state index contributed by atoms with van der Waals surface area (Å²) in [6.07, 6.45) is 5.45. The third-order valence-electron chi connectivity index (χ3n) is 6.83. The second kappa shape index (κ2) is 8.74. The van der Waals surface area contributed by atoms with Gasteiger partial charge in [-0.2, -0.15) is 0 Å². The van der Waals surface area contributed by atoms with Gasteiger partial charge in [0, 0.05) is 0 Å². The van der Waals surface area contributed by atoms with Crippen LogP contribution in [0.1, 0.15) is 33.3 Å². The van der Waals surface area contributed by atoms with Gasteiger partial charge in [-0.1, -0.05) is 72.9 Å². The highest BCUT2D eigenvalue weighted by Gasteiger charge is 2.52. The lowest BCUT2D eigenvalue weighted by molar-refractivity contribution is 0.00578. The van der Waals surface area contributed by atoms with E-state index in [1.807, 2.05) is 12.1 Å². The van der Waals surface area contributed by atoms with E-state index in [0.29, 0.717) is 5.54 Å². The Morgan fingerprint density at radius 3 is 2.03 bits per heavy atom. The first-order valence-electron chi connectivity index (χ1n) is 10.8. The zero-order valence-corrected chi connectivity index (χ0v) is 20.4. The van der Waals surface area contributed by atoms with Gasteiger partial charge in [0.2, 0.25) is 0 Å². The van der Waals surface area contributed by atoms with E-state index in [2.05, 4.69) is 95.4 Å². The van der Waals surface area contributed by atoms with E-state index in [1.54, 1.807) is 7.11 Å². The Bertz CT molecular complexity index is 844. The first-order valence-corrected chi connectivity index (χ1v) is 13.9. The maximum atomic E-state index is 6.36. The molecule has 0 N–H and O–H groups in total. The molecule has 3 nitrogen and oxygen atoms in total. The van der Waals surface area contributed by atoms with E-state index >= 15 is 0 Å². The summed E-state index contributed by atoms with van der Waals surface area (Å²) >= 11 is 0. The minimum Gasteiger partial charge on any atom is -0.497 e. The van der Waals surface area contributed by atoms with Crippen molar-refractivity contribution in [3.63, 3.8) is 0 Å². The Hall–Kier alpha value is -1.82. The molecule has 1 aliphatic heterocycles. The van der Waals surface area contributed by atoms with E-state index in [0.717, 1.165) is 12.1 Å². The Balaban J connectivity index is 1.87. The summed E-state index contributed by atoms with van der Waals surface area (Å²) in [6.45, 7) is 13.4. The molecule has 0 saturated carbocycles. The van der Waals surface area contributed by atoms with Gasteiger partial charge in [0.25, 0.3) is 0 Å². The third-order valence-corrected chi connectivity index (χ3v) is 10.9. The molecule has 3 rings (SSSR count). The largest absolute Gasteiger partial charge is 0.497 e. The molecular weight excluding hydrogens is 387 g/mol. The lowest BCUT2D eigenvalue weighted by atomic mass is 9.82. The average molecular weight is 422 g/mol. The molecule has 1 saturated heterocycles. The fourth-order valence-electron chi connectivity index (χ4n) is 3.91. The smallest absolute Gasteiger partial charge is 0.458 e. The lowest BCUT2D eigenvalue weighted by Crippen LogP contribution is -2.46. The van der Waals surface area contributed by atoms with Gasteiger partial charge in [0.1, 0.15) is 5.75 Å². The molecule has 30 heavy (non-hydrogen) atoms. The van der Waals surface area contributed by atoms with E-state index in [1.165, 1.54) is 10.8 Å². The molecule has 0 aromatic heterocycles. The predicted molar refractivity (Wildman–Crippen MR) is 130 cm³/mol. The monoisotopic (exact) mass is 422 g/mol. The number of hydrogen-bond acceptors (Lipinski definition) is 3. The Morgan fingerprint density at radius 1 is 0.933 bits per heavy atom. The van der Waals surface area contributed by atoms with Crippen molar-refractivity contribution in [1.82, 2.24) is 0 Å². The summed E-state index contributed by atoms with van der Waals surface area (Å²) in [7, 11) is -0.316. The third kappa shape index (κ3) is 4.90. The summed E-state index contributed by atoms with van der Waals surface area (Å²) < 4.78 is 18.0. The van der Waals surface area contributed by atoms with Crippen molar-refractivity contribution in [2.24, 2.45) is 0 Å². The number of hydrogen-bond donors (Lipinski definition) is 0.